The van der Waals surface area contributed by atoms with E-state index in [0.29, 0.717) is 24.6 Å². The van der Waals surface area contributed by atoms with Gasteiger partial charge in [-0.2, -0.15) is 0 Å². The van der Waals surface area contributed by atoms with Crippen molar-refractivity contribution in [2.45, 2.75) is 66.0 Å². The summed E-state index contributed by atoms with van der Waals surface area (Å²) < 4.78 is 9.75. The fourth-order valence-corrected chi connectivity index (χ4v) is 4.10. The first kappa shape index (κ1) is 22.8. The maximum atomic E-state index is 13.2. The number of fused-ring (bicyclic) bond motifs is 1. The van der Waals surface area contributed by atoms with Crippen molar-refractivity contribution in [2.75, 3.05) is 18.9 Å². The van der Waals surface area contributed by atoms with E-state index >= 15 is 0 Å². The Morgan fingerprint density at radius 1 is 1.26 bits per heavy atom. The number of hydrogen-bond acceptors (Lipinski definition) is 4. The van der Waals surface area contributed by atoms with Crippen LogP contribution in [0.2, 0.25) is 0 Å². The van der Waals surface area contributed by atoms with Gasteiger partial charge in [0.2, 0.25) is 0 Å². The number of nitrogens with one attached hydrogen (secondary N) is 1. The second-order valence-corrected chi connectivity index (χ2v) is 9.34. The normalized spacial score (nSPS) is 14.1. The molecule has 3 heterocycles. The number of hydrogen-bond donors (Lipinski definition) is 1. The van der Waals surface area contributed by atoms with Crippen LogP contribution >= 0.6 is 0 Å². The fraction of sp³-hybridized carbons (Fsp3) is 0.542. The second kappa shape index (κ2) is 8.36. The third-order valence-corrected chi connectivity index (χ3v) is 5.69. The lowest BCUT2D eigenvalue weighted by atomic mass is 10.0. The van der Waals surface area contributed by atoms with Crippen molar-refractivity contribution in [3.8, 4) is 11.3 Å². The van der Waals surface area contributed by atoms with E-state index in [4.69, 9.17) is 4.74 Å². The number of imide groups is 1. The highest BCUT2D eigenvalue weighted by Gasteiger charge is 2.35. The van der Waals surface area contributed by atoms with Crippen molar-refractivity contribution >= 4 is 17.8 Å². The molecule has 0 saturated carbocycles. The third-order valence-electron chi connectivity index (χ3n) is 5.69. The Balaban J connectivity index is 2.06. The maximum absolute atomic E-state index is 13.2. The predicted molar refractivity (Wildman–Crippen MR) is 121 cm³/mol. The summed E-state index contributed by atoms with van der Waals surface area (Å²) in [4.78, 5) is 26.9. The molecule has 7 heteroatoms. The summed E-state index contributed by atoms with van der Waals surface area (Å²) in [6, 6.07) is 4.39. The molecule has 31 heavy (non-hydrogen) atoms. The SMILES string of the molecule is CCc1c[n+](C(C)C)c(NC)cc1-c1cc2c(n1C)CCN(C(=O)OC(C)(C)C)C2=O. The Labute approximate surface area is 185 Å². The van der Waals surface area contributed by atoms with Crippen LogP contribution in [0.1, 0.15) is 69.2 Å². The molecule has 168 valence electrons. The summed E-state index contributed by atoms with van der Waals surface area (Å²) in [5, 5.41) is 3.29. The molecule has 1 aliphatic rings. The zero-order valence-corrected chi connectivity index (χ0v) is 20.0. The van der Waals surface area contributed by atoms with Gasteiger partial charge in [-0.05, 0) is 47.1 Å². The lowest BCUT2D eigenvalue weighted by molar-refractivity contribution is -0.703. The lowest BCUT2D eigenvalue weighted by Gasteiger charge is -2.28. The van der Waals surface area contributed by atoms with Gasteiger partial charge >= 0.3 is 6.09 Å². The fourth-order valence-electron chi connectivity index (χ4n) is 4.10. The molecule has 0 saturated heterocycles. The zero-order valence-electron chi connectivity index (χ0n) is 20.0. The number of amides is 2. The van der Waals surface area contributed by atoms with Crippen molar-refractivity contribution in [3.05, 3.63) is 35.2 Å². The van der Waals surface area contributed by atoms with E-state index in [1.165, 1.54) is 10.5 Å². The highest BCUT2D eigenvalue weighted by Crippen LogP contribution is 2.32. The molecule has 0 unspecified atom stereocenters. The van der Waals surface area contributed by atoms with E-state index in [0.717, 1.165) is 29.2 Å². The van der Waals surface area contributed by atoms with Gasteiger partial charge in [0.05, 0.1) is 24.8 Å². The van der Waals surface area contributed by atoms with E-state index in [1.54, 1.807) is 20.8 Å². The number of pyridine rings is 1. The van der Waals surface area contributed by atoms with Crippen LogP contribution in [-0.2, 0) is 24.6 Å². The van der Waals surface area contributed by atoms with Gasteiger partial charge in [-0.3, -0.25) is 10.1 Å². The average molecular weight is 428 g/mol. The van der Waals surface area contributed by atoms with E-state index in [2.05, 4.69) is 47.5 Å². The van der Waals surface area contributed by atoms with Gasteiger partial charge in [0.1, 0.15) is 5.60 Å². The predicted octanol–water partition coefficient (Wildman–Crippen LogP) is 4.10. The van der Waals surface area contributed by atoms with Crippen LogP contribution < -0.4 is 9.88 Å². The Morgan fingerprint density at radius 2 is 1.94 bits per heavy atom. The van der Waals surface area contributed by atoms with Crippen LogP contribution in [0.15, 0.2) is 18.3 Å². The monoisotopic (exact) mass is 427 g/mol. The number of rotatable bonds is 4. The van der Waals surface area contributed by atoms with Gasteiger partial charge in [-0.15, -0.1) is 0 Å². The van der Waals surface area contributed by atoms with Crippen molar-refractivity contribution < 1.29 is 18.9 Å². The van der Waals surface area contributed by atoms with Crippen LogP contribution in [0.25, 0.3) is 11.3 Å². The Hall–Kier alpha value is -2.83. The minimum absolute atomic E-state index is 0.294. The highest BCUT2D eigenvalue weighted by atomic mass is 16.6. The number of aromatic nitrogens is 2. The molecule has 3 rings (SSSR count). The standard InChI is InChI=1S/C24H34N4O3/c1-9-16-14-28(15(2)3)21(25-7)13-17(16)20-12-18-19(26(20)8)10-11-27(22(18)29)23(30)31-24(4,5)6/h12-15H,9-11H2,1-8H3/p+1. The van der Waals surface area contributed by atoms with E-state index < -0.39 is 11.7 Å². The van der Waals surface area contributed by atoms with Gasteiger partial charge in [0.15, 0.2) is 0 Å². The van der Waals surface area contributed by atoms with Gasteiger partial charge in [-0.1, -0.05) is 6.92 Å². The summed E-state index contributed by atoms with van der Waals surface area (Å²) in [5.41, 5.74) is 4.17. The third kappa shape index (κ3) is 4.31. The summed E-state index contributed by atoms with van der Waals surface area (Å²) >= 11 is 0. The molecule has 1 N–H and O–H groups in total. The summed E-state index contributed by atoms with van der Waals surface area (Å²) in [7, 11) is 3.91. The molecule has 2 aromatic rings. The highest BCUT2D eigenvalue weighted by molar-refractivity contribution is 6.05. The summed E-state index contributed by atoms with van der Waals surface area (Å²) in [6.45, 7) is 12.2. The van der Waals surface area contributed by atoms with E-state index in [9.17, 15) is 9.59 Å². The first-order valence-electron chi connectivity index (χ1n) is 11.0. The first-order chi connectivity index (χ1) is 14.5. The number of carbonyl (C=O) groups is 2. The minimum Gasteiger partial charge on any atom is -0.443 e. The van der Waals surface area contributed by atoms with E-state index in [-0.39, 0.29) is 5.91 Å². The van der Waals surface area contributed by atoms with Crippen LogP contribution in [0.3, 0.4) is 0 Å². The Morgan fingerprint density at radius 3 is 2.48 bits per heavy atom. The Bertz CT molecular complexity index is 1010. The number of anilines is 1. The van der Waals surface area contributed by atoms with Gasteiger partial charge < -0.3 is 9.30 Å². The number of aryl methyl sites for hydroxylation is 1. The molecular formula is C24H35N4O3+. The second-order valence-electron chi connectivity index (χ2n) is 9.34. The first-order valence-corrected chi connectivity index (χ1v) is 11.0. The smallest absolute Gasteiger partial charge is 0.417 e. The summed E-state index contributed by atoms with van der Waals surface area (Å²) in [5.74, 6) is 0.723. The summed E-state index contributed by atoms with van der Waals surface area (Å²) in [6.07, 6.45) is 3.08. The molecule has 1 aliphatic heterocycles. The number of nitrogens with zero attached hydrogens (tertiary/aromatic N) is 3. The molecule has 0 fully saturated rings. The molecule has 0 aliphatic carbocycles. The lowest BCUT2D eigenvalue weighted by Crippen LogP contribution is -2.44. The van der Waals surface area contributed by atoms with Gasteiger partial charge in [0.25, 0.3) is 11.7 Å². The van der Waals surface area contributed by atoms with Crippen LogP contribution in [0, 0.1) is 0 Å². The molecule has 0 bridgehead atoms. The van der Waals surface area contributed by atoms with Gasteiger partial charge in [-0.25, -0.2) is 14.3 Å². The average Bonchev–Trinajstić information content (AvgIpc) is 3.03. The molecule has 7 nitrogen and oxygen atoms in total. The van der Waals surface area contributed by atoms with Crippen molar-refractivity contribution in [1.29, 1.82) is 0 Å². The largest absolute Gasteiger partial charge is 0.443 e. The minimum atomic E-state index is -0.644. The Kier molecular flexibility index (Phi) is 6.16. The maximum Gasteiger partial charge on any atom is 0.417 e. The number of ether oxygens (including phenoxy) is 1. The quantitative estimate of drug-likeness (QED) is 0.746. The number of carbonyl (C=O) groups excluding carboxylic acids is 2. The van der Waals surface area contributed by atoms with Crippen molar-refractivity contribution in [1.82, 2.24) is 9.47 Å². The molecule has 0 aromatic carbocycles. The van der Waals surface area contributed by atoms with Crippen LogP contribution in [-0.4, -0.2) is 40.7 Å². The van der Waals surface area contributed by atoms with Crippen LogP contribution in [0.4, 0.5) is 10.6 Å². The van der Waals surface area contributed by atoms with Crippen molar-refractivity contribution in [3.63, 3.8) is 0 Å². The van der Waals surface area contributed by atoms with Crippen LogP contribution in [0.5, 0.6) is 0 Å². The molecule has 2 aromatic heterocycles. The molecule has 0 spiro atoms. The molecular weight excluding hydrogens is 392 g/mol. The van der Waals surface area contributed by atoms with E-state index in [1.807, 2.05) is 20.2 Å². The van der Waals surface area contributed by atoms with Crippen molar-refractivity contribution in [2.24, 2.45) is 7.05 Å². The molecule has 0 radical (unpaired) electrons. The zero-order chi connectivity index (χ0) is 23.1. The molecule has 2 amide bonds. The topological polar surface area (TPSA) is 67.4 Å². The molecule has 0 atom stereocenters. The van der Waals surface area contributed by atoms with Gasteiger partial charge in [0, 0.05) is 48.6 Å².